The van der Waals surface area contributed by atoms with Crippen LogP contribution >= 0.6 is 0 Å². The number of ether oxygens (including phenoxy) is 2. The fourth-order valence-corrected chi connectivity index (χ4v) is 3.08. The summed E-state index contributed by atoms with van der Waals surface area (Å²) in [6, 6.07) is 0. The summed E-state index contributed by atoms with van der Waals surface area (Å²) in [7, 11) is 0. The van der Waals surface area contributed by atoms with Crippen molar-refractivity contribution in [3.8, 4) is 0 Å². The van der Waals surface area contributed by atoms with E-state index in [4.69, 9.17) is 14.6 Å². The second kappa shape index (κ2) is 2.22. The minimum absolute atomic E-state index is 0.266. The standard InChI is InChI=1S/C9H14O3/c10-5-7-6-1-2-9(8(6)7)11-3-4-12-9/h6-8,10H,1-5H2/t6-,7+,8-/m0/s1. The van der Waals surface area contributed by atoms with Crippen molar-refractivity contribution >= 4 is 0 Å². The summed E-state index contributed by atoms with van der Waals surface area (Å²) in [5, 5.41) is 9.04. The fourth-order valence-electron chi connectivity index (χ4n) is 3.08. The Morgan fingerprint density at radius 3 is 2.67 bits per heavy atom. The molecule has 2 aliphatic carbocycles. The molecule has 0 amide bonds. The van der Waals surface area contributed by atoms with E-state index >= 15 is 0 Å². The van der Waals surface area contributed by atoms with Crippen LogP contribution in [0, 0.1) is 17.8 Å². The van der Waals surface area contributed by atoms with Crippen molar-refractivity contribution in [2.24, 2.45) is 17.8 Å². The zero-order valence-corrected chi connectivity index (χ0v) is 7.03. The summed E-state index contributed by atoms with van der Waals surface area (Å²) >= 11 is 0. The largest absolute Gasteiger partial charge is 0.396 e. The maximum absolute atomic E-state index is 9.04. The Hall–Kier alpha value is -0.120. The normalized spacial score (nSPS) is 48.2. The predicted octanol–water partition coefficient (Wildman–Crippen LogP) is 0.378. The average Bonchev–Trinajstić information content (AvgIpc) is 2.45. The molecule has 3 fully saturated rings. The van der Waals surface area contributed by atoms with Crippen LogP contribution in [0.4, 0.5) is 0 Å². The number of hydrogen-bond acceptors (Lipinski definition) is 3. The molecule has 1 aliphatic heterocycles. The lowest BCUT2D eigenvalue weighted by Crippen LogP contribution is -2.31. The van der Waals surface area contributed by atoms with E-state index in [2.05, 4.69) is 0 Å². The number of aliphatic hydroxyl groups excluding tert-OH is 1. The number of hydrogen-bond donors (Lipinski definition) is 1. The Balaban J connectivity index is 1.81. The van der Waals surface area contributed by atoms with Crippen LogP contribution < -0.4 is 0 Å². The first-order valence-corrected chi connectivity index (χ1v) is 4.76. The average molecular weight is 170 g/mol. The molecule has 0 aromatic rings. The molecule has 0 aromatic carbocycles. The van der Waals surface area contributed by atoms with Gasteiger partial charge in [0.1, 0.15) is 0 Å². The van der Waals surface area contributed by atoms with E-state index < -0.39 is 0 Å². The second-order valence-corrected chi connectivity index (χ2v) is 4.08. The molecular weight excluding hydrogens is 156 g/mol. The van der Waals surface area contributed by atoms with Crippen LogP contribution in [0.3, 0.4) is 0 Å². The maximum Gasteiger partial charge on any atom is 0.171 e. The highest BCUT2D eigenvalue weighted by Crippen LogP contribution is 2.64. The third-order valence-electron chi connectivity index (χ3n) is 3.65. The molecule has 1 saturated heterocycles. The molecular formula is C9H14O3. The predicted molar refractivity (Wildman–Crippen MR) is 41.4 cm³/mol. The first-order valence-electron chi connectivity index (χ1n) is 4.76. The van der Waals surface area contributed by atoms with Crippen molar-refractivity contribution in [1.29, 1.82) is 0 Å². The summed E-state index contributed by atoms with van der Waals surface area (Å²) < 4.78 is 11.3. The summed E-state index contributed by atoms with van der Waals surface area (Å²) in [6.45, 7) is 1.78. The second-order valence-electron chi connectivity index (χ2n) is 4.08. The smallest absolute Gasteiger partial charge is 0.171 e. The van der Waals surface area contributed by atoms with E-state index in [1.807, 2.05) is 0 Å². The molecule has 68 valence electrons. The van der Waals surface area contributed by atoms with Crippen LogP contribution in [0.1, 0.15) is 12.8 Å². The highest BCUT2D eigenvalue weighted by atomic mass is 16.7. The van der Waals surface area contributed by atoms with Gasteiger partial charge < -0.3 is 14.6 Å². The lowest BCUT2D eigenvalue weighted by atomic mass is 10.1. The van der Waals surface area contributed by atoms with E-state index in [1.165, 1.54) is 6.42 Å². The van der Waals surface area contributed by atoms with Crippen molar-refractivity contribution in [2.45, 2.75) is 18.6 Å². The van der Waals surface area contributed by atoms with Crippen LogP contribution in [0.15, 0.2) is 0 Å². The van der Waals surface area contributed by atoms with Gasteiger partial charge >= 0.3 is 0 Å². The Labute approximate surface area is 71.7 Å². The van der Waals surface area contributed by atoms with Gasteiger partial charge in [-0.3, -0.25) is 0 Å². The lowest BCUT2D eigenvalue weighted by molar-refractivity contribution is -0.171. The van der Waals surface area contributed by atoms with Crippen molar-refractivity contribution < 1.29 is 14.6 Å². The Kier molecular flexibility index (Phi) is 1.35. The van der Waals surface area contributed by atoms with Crippen molar-refractivity contribution in [3.63, 3.8) is 0 Å². The van der Waals surface area contributed by atoms with E-state index in [1.54, 1.807) is 0 Å². The first-order chi connectivity index (χ1) is 5.87. The molecule has 3 heteroatoms. The van der Waals surface area contributed by atoms with Crippen LogP contribution in [0.5, 0.6) is 0 Å². The number of aliphatic hydroxyl groups is 1. The summed E-state index contributed by atoms with van der Waals surface area (Å²) in [6.07, 6.45) is 2.22. The molecule has 3 aliphatic rings. The molecule has 0 bridgehead atoms. The van der Waals surface area contributed by atoms with E-state index in [9.17, 15) is 0 Å². The molecule has 1 spiro atoms. The van der Waals surface area contributed by atoms with Gasteiger partial charge in [0, 0.05) is 18.9 Å². The van der Waals surface area contributed by atoms with Crippen molar-refractivity contribution in [3.05, 3.63) is 0 Å². The molecule has 3 nitrogen and oxygen atoms in total. The van der Waals surface area contributed by atoms with Crippen LogP contribution in [0.25, 0.3) is 0 Å². The number of rotatable bonds is 1. The summed E-state index contributed by atoms with van der Waals surface area (Å²) in [5.74, 6) is 1.40. The van der Waals surface area contributed by atoms with Gasteiger partial charge in [-0.2, -0.15) is 0 Å². The molecule has 3 atom stereocenters. The quantitative estimate of drug-likeness (QED) is 0.618. The number of fused-ring (bicyclic) bond motifs is 2. The monoisotopic (exact) mass is 170 g/mol. The summed E-state index contributed by atoms with van der Waals surface area (Å²) in [5.41, 5.74) is 0. The molecule has 1 heterocycles. The van der Waals surface area contributed by atoms with Crippen LogP contribution in [-0.4, -0.2) is 30.7 Å². The van der Waals surface area contributed by atoms with E-state index in [0.717, 1.165) is 19.6 Å². The van der Waals surface area contributed by atoms with Crippen molar-refractivity contribution in [2.75, 3.05) is 19.8 Å². The highest BCUT2D eigenvalue weighted by molar-refractivity contribution is 5.11. The Morgan fingerprint density at radius 1 is 1.33 bits per heavy atom. The van der Waals surface area contributed by atoms with Gasteiger partial charge in [0.2, 0.25) is 0 Å². The third kappa shape index (κ3) is 0.721. The van der Waals surface area contributed by atoms with Gasteiger partial charge in [0.05, 0.1) is 13.2 Å². The third-order valence-corrected chi connectivity index (χ3v) is 3.65. The van der Waals surface area contributed by atoms with Crippen molar-refractivity contribution in [1.82, 2.24) is 0 Å². The van der Waals surface area contributed by atoms with Gasteiger partial charge in [-0.25, -0.2) is 0 Å². The summed E-state index contributed by atoms with van der Waals surface area (Å²) in [4.78, 5) is 0. The van der Waals surface area contributed by atoms with Gasteiger partial charge in [0.15, 0.2) is 5.79 Å². The Morgan fingerprint density at radius 2 is 2.08 bits per heavy atom. The SMILES string of the molecule is OC[C@@H]1[C@@H]2CCC3(OCCO3)[C@H]12. The van der Waals surface area contributed by atoms with Gasteiger partial charge in [-0.15, -0.1) is 0 Å². The topological polar surface area (TPSA) is 38.7 Å². The maximum atomic E-state index is 9.04. The minimum Gasteiger partial charge on any atom is -0.396 e. The highest BCUT2D eigenvalue weighted by Gasteiger charge is 2.67. The first kappa shape index (κ1) is 7.30. The lowest BCUT2D eigenvalue weighted by Gasteiger charge is -2.24. The molecule has 3 rings (SSSR count). The minimum atomic E-state index is -0.266. The van der Waals surface area contributed by atoms with E-state index in [0.29, 0.717) is 24.4 Å². The molecule has 0 radical (unpaired) electrons. The molecule has 1 N–H and O–H groups in total. The van der Waals surface area contributed by atoms with E-state index in [-0.39, 0.29) is 5.79 Å². The van der Waals surface area contributed by atoms with Gasteiger partial charge in [0.25, 0.3) is 0 Å². The van der Waals surface area contributed by atoms with Gasteiger partial charge in [-0.1, -0.05) is 0 Å². The fraction of sp³-hybridized carbons (Fsp3) is 1.00. The zero-order valence-electron chi connectivity index (χ0n) is 7.03. The molecule has 12 heavy (non-hydrogen) atoms. The molecule has 0 unspecified atom stereocenters. The zero-order chi connectivity index (χ0) is 8.18. The van der Waals surface area contributed by atoms with Crippen LogP contribution in [0.2, 0.25) is 0 Å². The molecule has 2 saturated carbocycles. The van der Waals surface area contributed by atoms with Gasteiger partial charge in [-0.05, 0) is 18.3 Å². The van der Waals surface area contributed by atoms with Crippen LogP contribution in [-0.2, 0) is 9.47 Å². The Bertz CT molecular complexity index is 188. The molecule has 0 aromatic heterocycles.